The average Bonchev–Trinajstić information content (AvgIpc) is 3.14. The van der Waals surface area contributed by atoms with Crippen LogP contribution in [0, 0.1) is 0 Å². The van der Waals surface area contributed by atoms with Crippen molar-refractivity contribution < 1.29 is 22.7 Å². The minimum atomic E-state index is -4.43. The van der Waals surface area contributed by atoms with E-state index in [-0.39, 0.29) is 12.1 Å². The normalized spacial score (nSPS) is 11.6. The molecule has 0 fully saturated rings. The number of aromatic nitrogens is 1. The summed E-state index contributed by atoms with van der Waals surface area (Å²) >= 11 is 7.95. The van der Waals surface area contributed by atoms with Crippen LogP contribution in [0.1, 0.15) is 16.8 Å². The summed E-state index contributed by atoms with van der Waals surface area (Å²) in [6.07, 6.45) is -3.02. The Bertz CT molecular complexity index is 1150. The van der Waals surface area contributed by atoms with Crippen molar-refractivity contribution in [2.45, 2.75) is 12.6 Å². The zero-order valence-electron chi connectivity index (χ0n) is 16.3. The Labute approximate surface area is 202 Å². The van der Waals surface area contributed by atoms with Gasteiger partial charge in [-0.3, -0.25) is 4.79 Å². The fraction of sp³-hybridized carbons (Fsp3) is 0.150. The number of rotatable bonds is 7. The second-order valence-corrected chi connectivity index (χ2v) is 8.96. The summed E-state index contributed by atoms with van der Waals surface area (Å²) in [7, 11) is 1.52. The molecule has 0 aliphatic carbocycles. The fourth-order valence-electron chi connectivity index (χ4n) is 2.61. The first-order valence-electron chi connectivity index (χ1n) is 8.89. The molecule has 0 unspecified atom stereocenters. The number of ether oxygens (including phenoxy) is 1. The second-order valence-electron chi connectivity index (χ2n) is 6.33. The van der Waals surface area contributed by atoms with Gasteiger partial charge in [0.05, 0.1) is 35.5 Å². The maximum atomic E-state index is 12.8. The molecule has 3 rings (SSSR count). The Balaban J connectivity index is 1.59. The van der Waals surface area contributed by atoms with Crippen LogP contribution in [0.5, 0.6) is 5.75 Å². The Morgan fingerprint density at radius 3 is 2.78 bits per heavy atom. The molecule has 32 heavy (non-hydrogen) atoms. The topological polar surface area (TPSA) is 75.6 Å². The molecule has 0 aliphatic heterocycles. The standard InChI is InChI=1S/C20H15Br2F3N4O2S/c1-31-18-11(5-13(21)7-16(18)22)9-26-29-17(30)8-15-10-32-19(28-15)27-14-4-2-3-12(6-14)20(23,24)25/h2-7,9-10H,8H2,1H3,(H,27,28)(H,29,30)/b26-9-. The number of alkyl halides is 3. The number of nitrogens with zero attached hydrogens (tertiary/aromatic N) is 2. The number of anilines is 2. The van der Waals surface area contributed by atoms with Crippen LogP contribution < -0.4 is 15.5 Å². The molecular formula is C20H15Br2F3N4O2S. The smallest absolute Gasteiger partial charge is 0.416 e. The first-order valence-corrected chi connectivity index (χ1v) is 11.4. The number of halogens is 5. The van der Waals surface area contributed by atoms with Gasteiger partial charge in [0.25, 0.3) is 0 Å². The molecule has 2 aromatic carbocycles. The van der Waals surface area contributed by atoms with E-state index < -0.39 is 17.6 Å². The van der Waals surface area contributed by atoms with Crippen LogP contribution in [0.4, 0.5) is 24.0 Å². The second kappa shape index (κ2) is 10.5. The zero-order chi connectivity index (χ0) is 23.3. The van der Waals surface area contributed by atoms with E-state index in [2.05, 4.69) is 52.7 Å². The SMILES string of the molecule is COc1c(Br)cc(Br)cc1/C=N\NC(=O)Cc1csc(Nc2cccc(C(F)(F)F)c2)n1. The summed E-state index contributed by atoms with van der Waals surface area (Å²) < 4.78 is 45.4. The highest BCUT2D eigenvalue weighted by molar-refractivity contribution is 9.11. The van der Waals surface area contributed by atoms with Crippen molar-refractivity contribution in [3.8, 4) is 5.75 Å². The van der Waals surface area contributed by atoms with Crippen molar-refractivity contribution in [2.75, 3.05) is 12.4 Å². The summed E-state index contributed by atoms with van der Waals surface area (Å²) in [5.74, 6) is 0.168. The highest BCUT2D eigenvalue weighted by atomic mass is 79.9. The van der Waals surface area contributed by atoms with Gasteiger partial charge in [0.15, 0.2) is 5.13 Å². The van der Waals surface area contributed by atoms with E-state index in [9.17, 15) is 18.0 Å². The molecule has 0 radical (unpaired) electrons. The number of carbonyl (C=O) groups is 1. The number of hydrogen-bond donors (Lipinski definition) is 2. The van der Waals surface area contributed by atoms with Crippen molar-refractivity contribution >= 4 is 66.1 Å². The quantitative estimate of drug-likeness (QED) is 0.256. The van der Waals surface area contributed by atoms with Crippen LogP contribution in [0.3, 0.4) is 0 Å². The van der Waals surface area contributed by atoms with Gasteiger partial charge in [-0.25, -0.2) is 10.4 Å². The lowest BCUT2D eigenvalue weighted by Gasteiger charge is -2.08. The van der Waals surface area contributed by atoms with Gasteiger partial charge in [-0.1, -0.05) is 22.0 Å². The molecule has 12 heteroatoms. The van der Waals surface area contributed by atoms with E-state index in [1.807, 2.05) is 6.07 Å². The minimum absolute atomic E-state index is 0.0442. The molecule has 0 bridgehead atoms. The molecule has 1 heterocycles. The number of methoxy groups -OCH3 is 1. The third kappa shape index (κ3) is 6.53. The summed E-state index contributed by atoms with van der Waals surface area (Å²) in [4.78, 5) is 16.4. The maximum absolute atomic E-state index is 12.8. The molecule has 0 spiro atoms. The third-order valence-corrected chi connectivity index (χ3v) is 5.82. The molecule has 0 saturated heterocycles. The molecule has 3 aromatic rings. The van der Waals surface area contributed by atoms with Crippen LogP contribution in [0.15, 0.2) is 55.8 Å². The molecule has 168 valence electrons. The largest absolute Gasteiger partial charge is 0.495 e. The van der Waals surface area contributed by atoms with E-state index >= 15 is 0 Å². The molecule has 2 N–H and O–H groups in total. The van der Waals surface area contributed by atoms with Crippen LogP contribution >= 0.6 is 43.2 Å². The lowest BCUT2D eigenvalue weighted by atomic mass is 10.2. The number of hydrogen-bond acceptors (Lipinski definition) is 6. The predicted octanol–water partition coefficient (Wildman–Crippen LogP) is 6.13. The van der Waals surface area contributed by atoms with Crippen LogP contribution in [-0.4, -0.2) is 24.2 Å². The van der Waals surface area contributed by atoms with E-state index in [4.69, 9.17) is 4.74 Å². The van der Waals surface area contributed by atoms with Gasteiger partial charge < -0.3 is 10.1 Å². The molecule has 6 nitrogen and oxygen atoms in total. The lowest BCUT2D eigenvalue weighted by molar-refractivity contribution is -0.137. The molecule has 0 aliphatic rings. The van der Waals surface area contributed by atoms with E-state index in [1.54, 1.807) is 11.4 Å². The average molecular weight is 592 g/mol. The molecule has 1 amide bonds. The van der Waals surface area contributed by atoms with Crippen LogP contribution in [0.2, 0.25) is 0 Å². The highest BCUT2D eigenvalue weighted by Gasteiger charge is 2.30. The number of amides is 1. The Kier molecular flexibility index (Phi) is 7.91. The predicted molar refractivity (Wildman–Crippen MR) is 125 cm³/mol. The Hall–Kier alpha value is -2.44. The van der Waals surface area contributed by atoms with Crippen molar-refractivity contribution in [2.24, 2.45) is 5.10 Å². The van der Waals surface area contributed by atoms with E-state index in [1.165, 1.54) is 36.8 Å². The summed E-state index contributed by atoms with van der Waals surface area (Å²) in [5, 5.41) is 8.79. The van der Waals surface area contributed by atoms with Crippen molar-refractivity contribution in [3.05, 3.63) is 67.5 Å². The number of carbonyl (C=O) groups excluding carboxylic acids is 1. The fourth-order valence-corrected chi connectivity index (χ4v) is 4.76. The van der Waals surface area contributed by atoms with Gasteiger partial charge in [0.1, 0.15) is 5.75 Å². The Morgan fingerprint density at radius 2 is 2.06 bits per heavy atom. The third-order valence-electron chi connectivity index (χ3n) is 3.97. The lowest BCUT2D eigenvalue weighted by Crippen LogP contribution is -2.20. The van der Waals surface area contributed by atoms with Gasteiger partial charge >= 0.3 is 6.18 Å². The number of thiazole rings is 1. The molecular weight excluding hydrogens is 577 g/mol. The number of nitrogens with one attached hydrogen (secondary N) is 2. The first kappa shape index (κ1) is 24.2. The monoisotopic (exact) mass is 590 g/mol. The van der Waals surface area contributed by atoms with Crippen LogP contribution in [-0.2, 0) is 17.4 Å². The molecule has 0 atom stereocenters. The summed E-state index contributed by atoms with van der Waals surface area (Å²) in [6.45, 7) is 0. The van der Waals surface area contributed by atoms with Crippen molar-refractivity contribution in [1.29, 1.82) is 0 Å². The van der Waals surface area contributed by atoms with Crippen LogP contribution in [0.25, 0.3) is 0 Å². The Morgan fingerprint density at radius 1 is 1.28 bits per heavy atom. The zero-order valence-corrected chi connectivity index (χ0v) is 20.3. The highest BCUT2D eigenvalue weighted by Crippen LogP contribution is 2.32. The molecule has 1 aromatic heterocycles. The maximum Gasteiger partial charge on any atom is 0.416 e. The van der Waals surface area contributed by atoms with E-state index in [0.29, 0.717) is 22.1 Å². The van der Waals surface area contributed by atoms with Crippen molar-refractivity contribution in [3.63, 3.8) is 0 Å². The number of benzene rings is 2. The van der Waals surface area contributed by atoms with Gasteiger partial charge in [-0.05, 0) is 46.3 Å². The first-order chi connectivity index (χ1) is 15.2. The minimum Gasteiger partial charge on any atom is -0.495 e. The van der Waals surface area contributed by atoms with Crippen molar-refractivity contribution in [1.82, 2.24) is 10.4 Å². The summed E-state index contributed by atoms with van der Waals surface area (Å²) in [5.41, 5.74) is 3.02. The van der Waals surface area contributed by atoms with Gasteiger partial charge in [-0.2, -0.15) is 18.3 Å². The van der Waals surface area contributed by atoms with Gasteiger partial charge in [0, 0.05) is 21.1 Å². The van der Waals surface area contributed by atoms with E-state index in [0.717, 1.165) is 21.1 Å². The number of hydrazone groups is 1. The summed E-state index contributed by atoms with van der Waals surface area (Å²) in [6, 6.07) is 8.41. The van der Waals surface area contributed by atoms with Gasteiger partial charge in [0.2, 0.25) is 5.91 Å². The molecule has 0 saturated carbocycles. The van der Waals surface area contributed by atoms with Gasteiger partial charge in [-0.15, -0.1) is 11.3 Å².